The Morgan fingerprint density at radius 2 is 0.946 bits per heavy atom. The molecule has 2 aliphatic heterocycles. The zero-order valence-electron chi connectivity index (χ0n) is 31.1. The molecule has 0 aliphatic carbocycles. The zero-order valence-corrected chi connectivity index (χ0v) is 34.2. The molecule has 2 saturated heterocycles. The maximum atomic E-state index is 13.8. The second kappa shape index (κ2) is 16.0. The molecule has 0 unspecified atom stereocenters. The van der Waals surface area contributed by atoms with E-state index in [2.05, 4.69) is 45.7 Å². The molecule has 6 aromatic rings. The van der Waals surface area contributed by atoms with Gasteiger partial charge in [0.2, 0.25) is 0 Å². The van der Waals surface area contributed by atoms with Crippen molar-refractivity contribution in [3.63, 3.8) is 0 Å². The van der Waals surface area contributed by atoms with E-state index in [1.54, 1.807) is 60.7 Å². The second-order valence-electron chi connectivity index (χ2n) is 14.7. The second-order valence-corrected chi connectivity index (χ2v) is 16.5. The van der Waals surface area contributed by atoms with Crippen molar-refractivity contribution in [2.24, 2.45) is 10.8 Å². The summed E-state index contributed by atoms with van der Waals surface area (Å²) in [6.07, 6.45) is 1.94. The van der Waals surface area contributed by atoms with E-state index in [0.29, 0.717) is 84.9 Å². The van der Waals surface area contributed by atoms with Crippen molar-refractivity contribution in [3.8, 4) is 34.1 Å². The first-order valence-electron chi connectivity index (χ1n) is 18.7. The number of hydrogen-bond donors (Lipinski definition) is 0. The van der Waals surface area contributed by atoms with Crippen LogP contribution in [0.4, 0.5) is 0 Å². The molecule has 0 N–H and O–H groups in total. The first kappa shape index (κ1) is 38.1. The van der Waals surface area contributed by atoms with Crippen molar-refractivity contribution in [1.82, 2.24) is 0 Å². The Labute approximate surface area is 342 Å². The van der Waals surface area contributed by atoms with Crippen LogP contribution in [0.5, 0.6) is 23.0 Å². The number of rotatable bonds is 13. The number of carbonyl (C=O) groups excluding carboxylic acids is 2. The van der Waals surface area contributed by atoms with Gasteiger partial charge in [-0.3, -0.25) is 0 Å². The molecule has 0 atom stereocenters. The first-order chi connectivity index (χ1) is 27.2. The van der Waals surface area contributed by atoms with Crippen LogP contribution in [0.1, 0.15) is 47.4 Å². The Morgan fingerprint density at radius 1 is 0.554 bits per heavy atom. The van der Waals surface area contributed by atoms with E-state index in [1.165, 1.54) is 0 Å². The van der Waals surface area contributed by atoms with Crippen molar-refractivity contribution in [3.05, 3.63) is 129 Å². The summed E-state index contributed by atoms with van der Waals surface area (Å²) >= 11 is 7.21. The van der Waals surface area contributed by atoms with Crippen LogP contribution in [-0.4, -0.2) is 51.6 Å². The third-order valence-electron chi connectivity index (χ3n) is 10.9. The molecule has 0 radical (unpaired) electrons. The Hall–Kier alpha value is -4.74. The van der Waals surface area contributed by atoms with Gasteiger partial charge in [0.1, 0.15) is 23.0 Å². The van der Waals surface area contributed by atoms with Crippen LogP contribution in [-0.2, 0) is 9.47 Å². The van der Waals surface area contributed by atoms with Gasteiger partial charge in [0, 0.05) is 20.1 Å². The molecule has 0 spiro atoms. The van der Waals surface area contributed by atoms with Gasteiger partial charge in [-0.2, -0.15) is 0 Å². The Kier molecular flexibility index (Phi) is 10.9. The number of halogens is 2. The number of esters is 2. The van der Waals surface area contributed by atoms with Crippen LogP contribution in [0.25, 0.3) is 32.7 Å². The highest BCUT2D eigenvalue weighted by molar-refractivity contribution is 9.10. The molecule has 6 aromatic carbocycles. The van der Waals surface area contributed by atoms with Crippen LogP contribution >= 0.6 is 31.9 Å². The summed E-state index contributed by atoms with van der Waals surface area (Å²) in [4.78, 5) is 27.7. The predicted octanol–water partition coefficient (Wildman–Crippen LogP) is 11.2. The lowest BCUT2D eigenvalue weighted by Crippen LogP contribution is -2.46. The summed E-state index contributed by atoms with van der Waals surface area (Å²) in [7, 11) is 0. The van der Waals surface area contributed by atoms with E-state index in [0.717, 1.165) is 43.3 Å². The highest BCUT2D eigenvalue weighted by Gasteiger charge is 2.38. The molecule has 8 nitrogen and oxygen atoms in total. The zero-order chi connectivity index (χ0) is 38.9. The summed E-state index contributed by atoms with van der Waals surface area (Å²) in [6, 6.07) is 33.1. The van der Waals surface area contributed by atoms with Gasteiger partial charge in [-0.1, -0.05) is 70.0 Å². The molecule has 0 bridgehead atoms. The molecule has 286 valence electrons. The highest BCUT2D eigenvalue weighted by Crippen LogP contribution is 2.47. The summed E-state index contributed by atoms with van der Waals surface area (Å²) in [5.41, 5.74) is 2.02. The van der Waals surface area contributed by atoms with Gasteiger partial charge in [0.25, 0.3) is 0 Å². The lowest BCUT2D eigenvalue weighted by Gasteiger charge is -2.40. The molecular weight excluding hydrogens is 840 g/mol. The number of fused-ring (bicyclic) bond motifs is 2. The number of carbonyl (C=O) groups is 2. The molecule has 2 heterocycles. The number of ether oxygens (including phenoxy) is 6. The van der Waals surface area contributed by atoms with Gasteiger partial charge >= 0.3 is 11.9 Å². The Bertz CT molecular complexity index is 2240. The minimum Gasteiger partial charge on any atom is -0.493 e. The molecule has 2 aliphatic rings. The number of benzene rings is 6. The van der Waals surface area contributed by atoms with Crippen molar-refractivity contribution in [2.75, 3.05) is 39.6 Å². The third kappa shape index (κ3) is 7.80. The molecule has 0 amide bonds. The van der Waals surface area contributed by atoms with Gasteiger partial charge in [-0.15, -0.1) is 0 Å². The summed E-state index contributed by atoms with van der Waals surface area (Å²) in [6.45, 7) is 8.12. The van der Waals surface area contributed by atoms with E-state index in [1.807, 2.05) is 48.5 Å². The lowest BCUT2D eigenvalue weighted by molar-refractivity contribution is -0.133. The lowest BCUT2D eigenvalue weighted by atomic mass is 9.84. The van der Waals surface area contributed by atoms with E-state index < -0.39 is 11.9 Å². The van der Waals surface area contributed by atoms with Crippen molar-refractivity contribution >= 4 is 65.3 Å². The maximum absolute atomic E-state index is 13.8. The van der Waals surface area contributed by atoms with Crippen molar-refractivity contribution < 1.29 is 38.0 Å². The van der Waals surface area contributed by atoms with E-state index in [-0.39, 0.29) is 10.8 Å². The first-order valence-corrected chi connectivity index (χ1v) is 20.3. The average molecular weight is 881 g/mol. The fourth-order valence-corrected chi connectivity index (χ4v) is 7.73. The quantitative estimate of drug-likeness (QED) is 0.0837. The van der Waals surface area contributed by atoms with Crippen LogP contribution in [0.15, 0.2) is 118 Å². The summed E-state index contributed by atoms with van der Waals surface area (Å²) in [5.74, 6) is 0.896. The molecular formula is C46H40Br2O8. The fraction of sp³-hybridized carbons (Fsp3) is 0.261. The highest BCUT2D eigenvalue weighted by atomic mass is 79.9. The predicted molar refractivity (Wildman–Crippen MR) is 223 cm³/mol. The molecule has 0 saturated carbocycles. The largest absolute Gasteiger partial charge is 0.493 e. The molecule has 0 aromatic heterocycles. The molecule has 10 heteroatoms. The summed E-state index contributed by atoms with van der Waals surface area (Å²) in [5, 5.41) is 3.42. The standard InChI is InChI=1S/C46H40Br2O8/c1-3-45(23-51-24-45)27-53-35-13-5-29(6-14-35)43(49)55-39-19-9-31-21-33(47)11-17-37(31)41(39)42-38-18-12-34(48)22-32(38)10-20-40(42)56-44(50)30-7-15-36(16-8-30)54-28-46(4-2)25-52-26-46/h5-22H,3-4,23-28H2,1-2H3. The fourth-order valence-electron chi connectivity index (χ4n) is 6.97. The van der Waals surface area contributed by atoms with Gasteiger partial charge in [-0.05, 0) is 119 Å². The Morgan fingerprint density at radius 3 is 1.29 bits per heavy atom. The van der Waals surface area contributed by atoms with E-state index in [9.17, 15) is 9.59 Å². The normalized spacial score (nSPS) is 15.4. The topological polar surface area (TPSA) is 89.5 Å². The van der Waals surface area contributed by atoms with E-state index in [4.69, 9.17) is 28.4 Å². The average Bonchev–Trinajstić information content (AvgIpc) is 3.18. The van der Waals surface area contributed by atoms with Gasteiger partial charge in [0.15, 0.2) is 0 Å². The minimum atomic E-state index is -0.537. The monoisotopic (exact) mass is 878 g/mol. The van der Waals surface area contributed by atoms with Gasteiger partial charge in [0.05, 0.1) is 61.6 Å². The maximum Gasteiger partial charge on any atom is 0.343 e. The minimum absolute atomic E-state index is 0.0354. The van der Waals surface area contributed by atoms with Crippen LogP contribution in [0.2, 0.25) is 0 Å². The summed E-state index contributed by atoms with van der Waals surface area (Å²) < 4.78 is 37.2. The van der Waals surface area contributed by atoms with Crippen molar-refractivity contribution in [1.29, 1.82) is 0 Å². The smallest absolute Gasteiger partial charge is 0.343 e. The third-order valence-corrected chi connectivity index (χ3v) is 11.9. The molecule has 2 fully saturated rings. The van der Waals surface area contributed by atoms with Crippen LogP contribution in [0.3, 0.4) is 0 Å². The van der Waals surface area contributed by atoms with Gasteiger partial charge in [-0.25, -0.2) is 9.59 Å². The SMILES string of the molecule is CCC1(COc2ccc(C(=O)Oc3ccc4cc(Br)ccc4c3-c3c(OC(=O)c4ccc(OCC5(CC)COC5)cc4)ccc4cc(Br)ccc34)cc2)COC1. The van der Waals surface area contributed by atoms with Crippen LogP contribution < -0.4 is 18.9 Å². The molecule has 8 rings (SSSR count). The van der Waals surface area contributed by atoms with E-state index >= 15 is 0 Å². The van der Waals surface area contributed by atoms with Gasteiger partial charge < -0.3 is 28.4 Å². The number of hydrogen-bond acceptors (Lipinski definition) is 8. The van der Waals surface area contributed by atoms with Crippen molar-refractivity contribution in [2.45, 2.75) is 26.7 Å². The van der Waals surface area contributed by atoms with Crippen LogP contribution in [0, 0.1) is 10.8 Å². The molecule has 56 heavy (non-hydrogen) atoms. The Balaban J connectivity index is 1.12.